The van der Waals surface area contributed by atoms with Crippen LogP contribution in [0.15, 0.2) is 24.3 Å². The zero-order valence-corrected chi connectivity index (χ0v) is 17.0. The Morgan fingerprint density at radius 3 is 2.81 bits per heavy atom. The number of halogens is 2. The monoisotopic (exact) mass is 395 g/mol. The number of nitrogens with one attached hydrogen (secondary N) is 1. The van der Waals surface area contributed by atoms with E-state index in [1.54, 1.807) is 0 Å². The first-order chi connectivity index (χ1) is 11.7. The molecule has 4 rings (SSSR count). The fourth-order valence-electron chi connectivity index (χ4n) is 4.19. The highest BCUT2D eigenvalue weighted by Gasteiger charge is 2.37. The minimum absolute atomic E-state index is 0. The summed E-state index contributed by atoms with van der Waals surface area (Å²) < 4.78 is 0. The number of fused-ring (bicyclic) bond motifs is 2. The van der Waals surface area contributed by atoms with Gasteiger partial charge in [-0.15, -0.1) is 24.8 Å². The van der Waals surface area contributed by atoms with Gasteiger partial charge in [0.25, 0.3) is 5.91 Å². The van der Waals surface area contributed by atoms with Gasteiger partial charge in [-0.3, -0.25) is 9.78 Å². The van der Waals surface area contributed by atoms with E-state index in [1.807, 2.05) is 24.0 Å². The highest BCUT2D eigenvalue weighted by Crippen LogP contribution is 2.28. The molecule has 3 heterocycles. The molecule has 26 heavy (non-hydrogen) atoms. The fraction of sp³-hybridized carbons (Fsp3) is 0.500. The van der Waals surface area contributed by atoms with Crippen molar-refractivity contribution in [2.75, 3.05) is 19.6 Å². The maximum absolute atomic E-state index is 13.2. The van der Waals surface area contributed by atoms with Crippen molar-refractivity contribution in [2.24, 2.45) is 5.92 Å². The standard InChI is InChI=1S/C20H25N3O.2ClH/c1-3-14-6-7-18-16(10-14)17(9-13(2)22-18)20(24)23-11-15-5-4-8-21-19(15)12-23;;/h6-7,9-10,15,19,21H,3-5,8,11-12H2,1-2H3;2*1H/t15-,19+;;/m0../s1. The Bertz CT molecular complexity index is 782. The van der Waals surface area contributed by atoms with Crippen LogP contribution in [0.2, 0.25) is 0 Å². The zero-order valence-electron chi connectivity index (χ0n) is 15.3. The molecule has 1 amide bonds. The second kappa shape index (κ2) is 8.55. The van der Waals surface area contributed by atoms with Crippen LogP contribution in [-0.2, 0) is 6.42 Å². The maximum Gasteiger partial charge on any atom is 0.254 e. The Labute approximate surface area is 167 Å². The van der Waals surface area contributed by atoms with Gasteiger partial charge >= 0.3 is 0 Å². The molecule has 142 valence electrons. The van der Waals surface area contributed by atoms with E-state index in [-0.39, 0.29) is 30.7 Å². The Morgan fingerprint density at radius 2 is 2.08 bits per heavy atom. The molecule has 2 atom stereocenters. The minimum Gasteiger partial charge on any atom is -0.337 e. The third kappa shape index (κ3) is 3.83. The van der Waals surface area contributed by atoms with E-state index in [0.717, 1.165) is 48.2 Å². The molecule has 2 aromatic rings. The molecule has 0 bridgehead atoms. The van der Waals surface area contributed by atoms with Crippen molar-refractivity contribution in [3.63, 3.8) is 0 Å². The third-order valence-electron chi connectivity index (χ3n) is 5.53. The van der Waals surface area contributed by atoms with Gasteiger partial charge in [0, 0.05) is 30.2 Å². The lowest BCUT2D eigenvalue weighted by Crippen LogP contribution is -2.41. The van der Waals surface area contributed by atoms with Crippen molar-refractivity contribution >= 4 is 41.6 Å². The highest BCUT2D eigenvalue weighted by atomic mass is 35.5. The lowest BCUT2D eigenvalue weighted by molar-refractivity contribution is 0.0787. The van der Waals surface area contributed by atoms with E-state index in [2.05, 4.69) is 29.4 Å². The molecule has 0 unspecified atom stereocenters. The molecule has 6 heteroatoms. The summed E-state index contributed by atoms with van der Waals surface area (Å²) in [7, 11) is 0. The molecule has 4 nitrogen and oxygen atoms in total. The molecular formula is C20H27Cl2N3O. The van der Waals surface area contributed by atoms with Gasteiger partial charge in [0.1, 0.15) is 0 Å². The number of rotatable bonds is 2. The van der Waals surface area contributed by atoms with Crippen LogP contribution in [-0.4, -0.2) is 41.5 Å². The molecule has 2 aliphatic rings. The summed E-state index contributed by atoms with van der Waals surface area (Å²) in [6.07, 6.45) is 3.42. The molecule has 0 aliphatic carbocycles. The molecule has 0 spiro atoms. The van der Waals surface area contributed by atoms with Crippen LogP contribution in [0.1, 0.15) is 41.4 Å². The van der Waals surface area contributed by atoms with Crippen molar-refractivity contribution < 1.29 is 4.79 Å². The number of aryl methyl sites for hydroxylation is 2. The molecule has 1 N–H and O–H groups in total. The van der Waals surface area contributed by atoms with Crippen molar-refractivity contribution in [3.05, 3.63) is 41.1 Å². The molecular weight excluding hydrogens is 369 g/mol. The van der Waals surface area contributed by atoms with E-state index < -0.39 is 0 Å². The molecule has 1 aromatic carbocycles. The number of benzene rings is 1. The average molecular weight is 396 g/mol. The van der Waals surface area contributed by atoms with Crippen LogP contribution in [0.4, 0.5) is 0 Å². The number of carbonyl (C=O) groups excluding carboxylic acids is 1. The summed E-state index contributed by atoms with van der Waals surface area (Å²) in [6, 6.07) is 8.72. The van der Waals surface area contributed by atoms with Crippen molar-refractivity contribution in [1.29, 1.82) is 0 Å². The number of amides is 1. The smallest absolute Gasteiger partial charge is 0.254 e. The Kier molecular flexibility index (Phi) is 6.89. The SMILES string of the molecule is CCc1ccc2nc(C)cc(C(=O)N3C[C@@H]4CCCN[C@@H]4C3)c2c1.Cl.Cl. The number of carbonyl (C=O) groups is 1. The second-order valence-electron chi connectivity index (χ2n) is 7.19. The lowest BCUT2D eigenvalue weighted by Gasteiger charge is -2.24. The van der Waals surface area contributed by atoms with E-state index in [4.69, 9.17) is 0 Å². The summed E-state index contributed by atoms with van der Waals surface area (Å²) >= 11 is 0. The van der Waals surface area contributed by atoms with Gasteiger partial charge in [-0.2, -0.15) is 0 Å². The number of piperidine rings is 1. The van der Waals surface area contributed by atoms with E-state index in [1.165, 1.54) is 18.4 Å². The first kappa shape index (κ1) is 20.9. The van der Waals surface area contributed by atoms with Gasteiger partial charge in [-0.1, -0.05) is 13.0 Å². The molecule has 1 aromatic heterocycles. The average Bonchev–Trinajstić information content (AvgIpc) is 3.04. The van der Waals surface area contributed by atoms with Crippen LogP contribution in [0.25, 0.3) is 10.9 Å². The lowest BCUT2D eigenvalue weighted by atomic mass is 9.94. The first-order valence-electron chi connectivity index (χ1n) is 9.08. The zero-order chi connectivity index (χ0) is 16.7. The number of aromatic nitrogens is 1. The summed E-state index contributed by atoms with van der Waals surface area (Å²) in [6.45, 7) is 6.91. The quantitative estimate of drug-likeness (QED) is 0.841. The Morgan fingerprint density at radius 1 is 1.27 bits per heavy atom. The Balaban J connectivity index is 0.00000121. The van der Waals surface area contributed by atoms with Crippen LogP contribution in [0.3, 0.4) is 0 Å². The van der Waals surface area contributed by atoms with Crippen LogP contribution in [0, 0.1) is 12.8 Å². The van der Waals surface area contributed by atoms with E-state index in [0.29, 0.717) is 12.0 Å². The van der Waals surface area contributed by atoms with Gasteiger partial charge in [-0.25, -0.2) is 0 Å². The number of pyridine rings is 1. The normalized spacial score (nSPS) is 21.7. The van der Waals surface area contributed by atoms with Gasteiger partial charge in [0.2, 0.25) is 0 Å². The first-order valence-corrected chi connectivity index (χ1v) is 9.08. The minimum atomic E-state index is 0. The topological polar surface area (TPSA) is 45.2 Å². The van der Waals surface area contributed by atoms with Gasteiger partial charge in [0.15, 0.2) is 0 Å². The number of likely N-dealkylation sites (tertiary alicyclic amines) is 1. The van der Waals surface area contributed by atoms with Crippen LogP contribution < -0.4 is 5.32 Å². The highest BCUT2D eigenvalue weighted by molar-refractivity contribution is 6.06. The van der Waals surface area contributed by atoms with Gasteiger partial charge in [0.05, 0.1) is 11.1 Å². The number of hydrogen-bond acceptors (Lipinski definition) is 3. The van der Waals surface area contributed by atoms with Crippen LogP contribution >= 0.6 is 24.8 Å². The van der Waals surface area contributed by atoms with Gasteiger partial charge < -0.3 is 10.2 Å². The largest absolute Gasteiger partial charge is 0.337 e. The maximum atomic E-state index is 13.2. The second-order valence-corrected chi connectivity index (χ2v) is 7.19. The van der Waals surface area contributed by atoms with Crippen molar-refractivity contribution in [1.82, 2.24) is 15.2 Å². The summed E-state index contributed by atoms with van der Waals surface area (Å²) in [5.41, 5.74) is 3.89. The predicted octanol–water partition coefficient (Wildman–Crippen LogP) is 3.77. The van der Waals surface area contributed by atoms with Crippen molar-refractivity contribution in [2.45, 2.75) is 39.2 Å². The molecule has 2 saturated heterocycles. The Hall–Kier alpha value is -1.36. The molecule has 2 aliphatic heterocycles. The predicted molar refractivity (Wildman–Crippen MR) is 111 cm³/mol. The summed E-state index contributed by atoms with van der Waals surface area (Å²) in [4.78, 5) is 19.9. The van der Waals surface area contributed by atoms with Crippen LogP contribution in [0.5, 0.6) is 0 Å². The fourth-order valence-corrected chi connectivity index (χ4v) is 4.19. The summed E-state index contributed by atoms with van der Waals surface area (Å²) in [5, 5.41) is 4.57. The summed E-state index contributed by atoms with van der Waals surface area (Å²) in [5.74, 6) is 0.776. The number of hydrogen-bond donors (Lipinski definition) is 1. The third-order valence-corrected chi connectivity index (χ3v) is 5.53. The number of nitrogens with zero attached hydrogens (tertiary/aromatic N) is 2. The molecule has 2 fully saturated rings. The van der Waals surface area contributed by atoms with E-state index in [9.17, 15) is 4.79 Å². The van der Waals surface area contributed by atoms with E-state index >= 15 is 0 Å². The van der Waals surface area contributed by atoms with Gasteiger partial charge in [-0.05, 0) is 62.4 Å². The molecule has 0 radical (unpaired) electrons. The van der Waals surface area contributed by atoms with Crippen molar-refractivity contribution in [3.8, 4) is 0 Å². The molecule has 0 saturated carbocycles.